The topological polar surface area (TPSA) is 21.3 Å². The Kier molecular flexibility index (Phi) is 5.42. The first-order valence-electron chi connectivity index (χ1n) is 7.19. The molecule has 0 heterocycles. The average molecular weight is 263 g/mol. The summed E-state index contributed by atoms with van der Waals surface area (Å²) in [5.41, 5.74) is 2.66. The maximum Gasteiger partial charge on any atom is 0.122 e. The van der Waals surface area contributed by atoms with E-state index in [2.05, 4.69) is 65.1 Å². The predicted octanol–water partition coefficient (Wildman–Crippen LogP) is 4.09. The molecule has 2 nitrogen and oxygen atoms in total. The van der Waals surface area contributed by atoms with E-state index in [0.717, 1.165) is 12.3 Å². The molecule has 0 aliphatic carbocycles. The van der Waals surface area contributed by atoms with Crippen LogP contribution in [0.15, 0.2) is 18.2 Å². The summed E-state index contributed by atoms with van der Waals surface area (Å²) in [6.45, 7) is 14.2. The third kappa shape index (κ3) is 4.24. The van der Waals surface area contributed by atoms with Crippen LogP contribution in [0.3, 0.4) is 0 Å². The summed E-state index contributed by atoms with van der Waals surface area (Å²) in [4.78, 5) is 0. The van der Waals surface area contributed by atoms with Crippen LogP contribution in [0.4, 0.5) is 0 Å². The quantitative estimate of drug-likeness (QED) is 0.834. The van der Waals surface area contributed by atoms with Crippen molar-refractivity contribution in [2.24, 2.45) is 0 Å². The molecule has 0 radical (unpaired) electrons. The molecule has 0 aliphatic rings. The Morgan fingerprint density at radius 1 is 1.16 bits per heavy atom. The molecule has 0 spiro atoms. The van der Waals surface area contributed by atoms with Gasteiger partial charge in [0.15, 0.2) is 0 Å². The molecule has 0 fully saturated rings. The van der Waals surface area contributed by atoms with E-state index in [9.17, 15) is 0 Å². The predicted molar refractivity (Wildman–Crippen MR) is 83.2 cm³/mol. The van der Waals surface area contributed by atoms with Gasteiger partial charge in [-0.2, -0.15) is 0 Å². The lowest BCUT2D eigenvalue weighted by Gasteiger charge is -2.29. The second-order valence-corrected chi connectivity index (χ2v) is 6.53. The Bertz CT molecular complexity index is 408. The summed E-state index contributed by atoms with van der Waals surface area (Å²) in [5.74, 6) is 1.53. The van der Waals surface area contributed by atoms with Crippen LogP contribution in [0.5, 0.6) is 5.75 Å². The molecule has 0 amide bonds. The van der Waals surface area contributed by atoms with E-state index in [4.69, 9.17) is 4.74 Å². The van der Waals surface area contributed by atoms with E-state index in [1.54, 1.807) is 7.11 Å². The second kappa shape index (κ2) is 6.42. The van der Waals surface area contributed by atoms with Gasteiger partial charge in [0.2, 0.25) is 0 Å². The van der Waals surface area contributed by atoms with Gasteiger partial charge in [-0.1, -0.05) is 53.7 Å². The Morgan fingerprint density at radius 2 is 1.79 bits per heavy atom. The highest BCUT2D eigenvalue weighted by Crippen LogP contribution is 2.33. The van der Waals surface area contributed by atoms with Gasteiger partial charge in [0.1, 0.15) is 5.75 Å². The van der Waals surface area contributed by atoms with Gasteiger partial charge in [-0.15, -0.1) is 0 Å². The molecule has 0 bridgehead atoms. The maximum atomic E-state index is 5.60. The zero-order valence-corrected chi connectivity index (χ0v) is 13.5. The summed E-state index contributed by atoms with van der Waals surface area (Å²) < 4.78 is 5.60. The molecule has 2 heteroatoms. The molecule has 1 aromatic carbocycles. The highest BCUT2D eigenvalue weighted by atomic mass is 16.5. The van der Waals surface area contributed by atoms with Crippen LogP contribution in [-0.4, -0.2) is 19.7 Å². The number of rotatable bonds is 6. The molecule has 1 rings (SSSR count). The summed E-state index contributed by atoms with van der Waals surface area (Å²) in [6.07, 6.45) is 0. The zero-order chi connectivity index (χ0) is 14.6. The molecule has 0 atom stereocenters. The average Bonchev–Trinajstić information content (AvgIpc) is 2.35. The van der Waals surface area contributed by atoms with E-state index < -0.39 is 0 Å². The second-order valence-electron chi connectivity index (χ2n) is 6.53. The van der Waals surface area contributed by atoms with Gasteiger partial charge >= 0.3 is 0 Å². The molecule has 0 aliphatic heterocycles. The lowest BCUT2D eigenvalue weighted by molar-refractivity contribution is 0.380. The number of benzene rings is 1. The smallest absolute Gasteiger partial charge is 0.122 e. The van der Waals surface area contributed by atoms with Crippen molar-refractivity contribution in [3.8, 4) is 5.75 Å². The van der Waals surface area contributed by atoms with Crippen molar-refractivity contribution in [2.75, 3.05) is 13.7 Å². The Labute approximate surface area is 118 Å². The summed E-state index contributed by atoms with van der Waals surface area (Å²) in [5, 5.41) is 3.52. The van der Waals surface area contributed by atoms with Crippen molar-refractivity contribution >= 4 is 0 Å². The normalized spacial score (nSPS) is 12.3. The first-order valence-corrected chi connectivity index (χ1v) is 7.19. The molecule has 1 aromatic rings. The number of hydrogen-bond donors (Lipinski definition) is 1. The van der Waals surface area contributed by atoms with Crippen molar-refractivity contribution in [1.29, 1.82) is 0 Å². The van der Waals surface area contributed by atoms with Gasteiger partial charge in [-0.25, -0.2) is 0 Å². The molecular formula is C17H29NO. The van der Waals surface area contributed by atoms with Crippen LogP contribution in [0.1, 0.15) is 58.6 Å². The molecule has 0 aromatic heterocycles. The van der Waals surface area contributed by atoms with E-state index in [-0.39, 0.29) is 5.41 Å². The van der Waals surface area contributed by atoms with E-state index in [1.165, 1.54) is 11.1 Å². The van der Waals surface area contributed by atoms with Gasteiger partial charge in [0.25, 0.3) is 0 Å². The van der Waals surface area contributed by atoms with Crippen LogP contribution >= 0.6 is 0 Å². The molecule has 0 saturated carbocycles. The van der Waals surface area contributed by atoms with Crippen molar-refractivity contribution in [3.63, 3.8) is 0 Å². The van der Waals surface area contributed by atoms with Crippen LogP contribution < -0.4 is 10.1 Å². The van der Waals surface area contributed by atoms with E-state index in [0.29, 0.717) is 12.0 Å². The number of methoxy groups -OCH3 is 1. The van der Waals surface area contributed by atoms with Crippen LogP contribution in [0, 0.1) is 0 Å². The Balaban J connectivity index is 3.04. The number of hydrogen-bond acceptors (Lipinski definition) is 2. The maximum absolute atomic E-state index is 5.60. The molecular weight excluding hydrogens is 234 g/mol. The zero-order valence-electron chi connectivity index (χ0n) is 13.5. The van der Waals surface area contributed by atoms with Gasteiger partial charge in [0.05, 0.1) is 7.11 Å². The lowest BCUT2D eigenvalue weighted by atomic mass is 9.82. The molecule has 1 N–H and O–H groups in total. The highest BCUT2D eigenvalue weighted by molar-refractivity contribution is 5.43. The minimum Gasteiger partial charge on any atom is -0.496 e. The van der Waals surface area contributed by atoms with Gasteiger partial charge in [-0.3, -0.25) is 0 Å². The van der Waals surface area contributed by atoms with Crippen molar-refractivity contribution < 1.29 is 4.74 Å². The van der Waals surface area contributed by atoms with Crippen molar-refractivity contribution in [2.45, 2.75) is 58.9 Å². The number of ether oxygens (including phenoxy) is 1. The SMILES string of the molecule is COc1cc(C(C)C)ccc1C(C)(C)CNC(C)C. The fourth-order valence-electron chi connectivity index (χ4n) is 2.18. The third-order valence-electron chi connectivity index (χ3n) is 3.57. The minimum absolute atomic E-state index is 0.0606. The van der Waals surface area contributed by atoms with Crippen molar-refractivity contribution in [1.82, 2.24) is 5.32 Å². The Hall–Kier alpha value is -1.02. The van der Waals surface area contributed by atoms with Crippen LogP contribution in [-0.2, 0) is 5.41 Å². The van der Waals surface area contributed by atoms with E-state index in [1.807, 2.05) is 0 Å². The first kappa shape index (κ1) is 16.0. The van der Waals surface area contributed by atoms with Crippen molar-refractivity contribution in [3.05, 3.63) is 29.3 Å². The molecule has 108 valence electrons. The molecule has 0 unspecified atom stereocenters. The van der Waals surface area contributed by atoms with Gasteiger partial charge in [-0.05, 0) is 17.5 Å². The fraction of sp³-hybridized carbons (Fsp3) is 0.647. The standard InChI is InChI=1S/C17H29NO/c1-12(2)14-8-9-15(16(10-14)19-7)17(5,6)11-18-13(3)4/h8-10,12-13,18H,11H2,1-7H3. The number of nitrogens with one attached hydrogen (secondary N) is 1. The minimum atomic E-state index is 0.0606. The van der Waals surface area contributed by atoms with Crippen LogP contribution in [0.2, 0.25) is 0 Å². The molecule has 0 saturated heterocycles. The van der Waals surface area contributed by atoms with E-state index >= 15 is 0 Å². The monoisotopic (exact) mass is 263 g/mol. The highest BCUT2D eigenvalue weighted by Gasteiger charge is 2.24. The third-order valence-corrected chi connectivity index (χ3v) is 3.57. The first-order chi connectivity index (χ1) is 8.77. The fourth-order valence-corrected chi connectivity index (χ4v) is 2.18. The van der Waals surface area contributed by atoms with Crippen LogP contribution in [0.25, 0.3) is 0 Å². The van der Waals surface area contributed by atoms with Gasteiger partial charge in [0, 0.05) is 23.6 Å². The molecule has 19 heavy (non-hydrogen) atoms. The van der Waals surface area contributed by atoms with Gasteiger partial charge < -0.3 is 10.1 Å². The summed E-state index contributed by atoms with van der Waals surface area (Å²) >= 11 is 0. The largest absolute Gasteiger partial charge is 0.496 e. The Morgan fingerprint density at radius 3 is 2.26 bits per heavy atom. The summed E-state index contributed by atoms with van der Waals surface area (Å²) in [6, 6.07) is 7.12. The lowest BCUT2D eigenvalue weighted by Crippen LogP contribution is -2.36. The summed E-state index contributed by atoms with van der Waals surface area (Å²) in [7, 11) is 1.76.